The molecule has 1 aromatic rings. The lowest BCUT2D eigenvalue weighted by atomic mass is 10.0. The first-order valence-corrected chi connectivity index (χ1v) is 6.64. The summed E-state index contributed by atoms with van der Waals surface area (Å²) in [5, 5.41) is 3.05. The van der Waals surface area contributed by atoms with Crippen LogP contribution in [0.25, 0.3) is 0 Å². The van der Waals surface area contributed by atoms with Crippen molar-refractivity contribution >= 4 is 5.91 Å². The van der Waals surface area contributed by atoms with Gasteiger partial charge in [0.25, 0.3) is 0 Å². The van der Waals surface area contributed by atoms with Crippen molar-refractivity contribution in [1.82, 2.24) is 5.32 Å². The highest BCUT2D eigenvalue weighted by Crippen LogP contribution is 2.14. The van der Waals surface area contributed by atoms with Gasteiger partial charge in [0.1, 0.15) is 0 Å². The Balaban J connectivity index is 2.50. The Hall–Kier alpha value is -1.35. The van der Waals surface area contributed by atoms with E-state index in [0.29, 0.717) is 12.3 Å². The molecule has 0 aliphatic rings. The molecule has 3 nitrogen and oxygen atoms in total. The van der Waals surface area contributed by atoms with Crippen LogP contribution in [0.3, 0.4) is 0 Å². The van der Waals surface area contributed by atoms with E-state index >= 15 is 0 Å². The third-order valence-corrected chi connectivity index (χ3v) is 3.22. The van der Waals surface area contributed by atoms with Gasteiger partial charge in [0, 0.05) is 18.5 Å². The van der Waals surface area contributed by atoms with Crippen LogP contribution < -0.4 is 11.1 Å². The van der Waals surface area contributed by atoms with Gasteiger partial charge in [-0.15, -0.1) is 0 Å². The van der Waals surface area contributed by atoms with E-state index in [9.17, 15) is 4.79 Å². The Bertz CT molecular complexity index is 362. The maximum atomic E-state index is 11.9. The van der Waals surface area contributed by atoms with Crippen LogP contribution in [0.15, 0.2) is 30.3 Å². The molecule has 3 heteroatoms. The Morgan fingerprint density at radius 3 is 2.39 bits per heavy atom. The van der Waals surface area contributed by atoms with Gasteiger partial charge in [-0.2, -0.15) is 0 Å². The summed E-state index contributed by atoms with van der Waals surface area (Å²) < 4.78 is 0. The Morgan fingerprint density at radius 1 is 1.28 bits per heavy atom. The van der Waals surface area contributed by atoms with Crippen LogP contribution in [0.1, 0.15) is 45.2 Å². The molecule has 3 N–H and O–H groups in total. The third kappa shape index (κ3) is 4.49. The number of benzene rings is 1. The van der Waals surface area contributed by atoms with Crippen LogP contribution in [0.4, 0.5) is 0 Å². The maximum Gasteiger partial charge on any atom is 0.222 e. The lowest BCUT2D eigenvalue weighted by Crippen LogP contribution is -2.39. The van der Waals surface area contributed by atoms with Crippen LogP contribution in [-0.4, -0.2) is 11.9 Å². The minimum Gasteiger partial charge on any atom is -0.353 e. The molecular formula is C15H24N2O. The fourth-order valence-corrected chi connectivity index (χ4v) is 2.02. The highest BCUT2D eigenvalue weighted by molar-refractivity contribution is 5.77. The van der Waals surface area contributed by atoms with E-state index in [0.717, 1.165) is 12.0 Å². The molecule has 100 valence electrons. The van der Waals surface area contributed by atoms with Crippen molar-refractivity contribution in [2.45, 2.75) is 45.7 Å². The summed E-state index contributed by atoms with van der Waals surface area (Å²) >= 11 is 0. The zero-order valence-electron chi connectivity index (χ0n) is 11.5. The van der Waals surface area contributed by atoms with Gasteiger partial charge in [0.05, 0.1) is 0 Å². The van der Waals surface area contributed by atoms with Gasteiger partial charge in [-0.25, -0.2) is 0 Å². The lowest BCUT2D eigenvalue weighted by molar-refractivity contribution is -0.122. The predicted octanol–water partition coefficient (Wildman–Crippen LogP) is 2.63. The minimum atomic E-state index is -0.226. The number of rotatable bonds is 6. The summed E-state index contributed by atoms with van der Waals surface area (Å²) in [5.41, 5.74) is 7.03. The molecule has 0 radical (unpaired) electrons. The molecule has 0 spiro atoms. The van der Waals surface area contributed by atoms with Crippen molar-refractivity contribution in [1.29, 1.82) is 0 Å². The number of hydrogen-bond acceptors (Lipinski definition) is 2. The topological polar surface area (TPSA) is 55.1 Å². The molecule has 2 atom stereocenters. The van der Waals surface area contributed by atoms with Crippen LogP contribution in [0, 0.1) is 5.92 Å². The normalized spacial score (nSPS) is 14.3. The fourth-order valence-electron chi connectivity index (χ4n) is 2.02. The van der Waals surface area contributed by atoms with E-state index in [4.69, 9.17) is 5.73 Å². The summed E-state index contributed by atoms with van der Waals surface area (Å²) in [6.07, 6.45) is 1.29. The summed E-state index contributed by atoms with van der Waals surface area (Å²) in [6, 6.07) is 9.75. The van der Waals surface area contributed by atoms with Crippen LogP contribution in [-0.2, 0) is 4.79 Å². The van der Waals surface area contributed by atoms with Crippen LogP contribution in [0.2, 0.25) is 0 Å². The zero-order valence-corrected chi connectivity index (χ0v) is 11.5. The van der Waals surface area contributed by atoms with Gasteiger partial charge in [-0.3, -0.25) is 4.79 Å². The molecule has 0 saturated carbocycles. The molecule has 18 heavy (non-hydrogen) atoms. The SMILES string of the molecule is CCC(NC(=O)CC(N)c1ccccc1)C(C)C. The molecule has 2 unspecified atom stereocenters. The van der Waals surface area contributed by atoms with E-state index in [2.05, 4.69) is 26.1 Å². The van der Waals surface area contributed by atoms with Crippen molar-refractivity contribution in [2.24, 2.45) is 11.7 Å². The van der Waals surface area contributed by atoms with Crippen molar-refractivity contribution < 1.29 is 4.79 Å². The van der Waals surface area contributed by atoms with Gasteiger partial charge in [0.2, 0.25) is 5.91 Å². The number of nitrogens with two attached hydrogens (primary N) is 1. The largest absolute Gasteiger partial charge is 0.353 e. The van der Waals surface area contributed by atoms with Crippen molar-refractivity contribution in [3.63, 3.8) is 0 Å². The number of nitrogens with one attached hydrogen (secondary N) is 1. The highest BCUT2D eigenvalue weighted by Gasteiger charge is 2.16. The highest BCUT2D eigenvalue weighted by atomic mass is 16.1. The monoisotopic (exact) mass is 248 g/mol. The first-order chi connectivity index (χ1) is 8.54. The second-order valence-electron chi connectivity index (χ2n) is 5.05. The fraction of sp³-hybridized carbons (Fsp3) is 0.533. The molecule has 1 rings (SSSR count). The van der Waals surface area contributed by atoms with Gasteiger partial charge < -0.3 is 11.1 Å². The van der Waals surface area contributed by atoms with Gasteiger partial charge in [-0.1, -0.05) is 51.1 Å². The van der Waals surface area contributed by atoms with Gasteiger partial charge in [-0.05, 0) is 17.9 Å². The standard InChI is InChI=1S/C15H24N2O/c1-4-14(11(2)3)17-15(18)10-13(16)12-8-6-5-7-9-12/h5-9,11,13-14H,4,10,16H2,1-3H3,(H,17,18). The average molecular weight is 248 g/mol. The van der Waals surface area contributed by atoms with E-state index < -0.39 is 0 Å². The van der Waals surface area contributed by atoms with E-state index in [-0.39, 0.29) is 18.0 Å². The molecule has 0 saturated heterocycles. The summed E-state index contributed by atoms with van der Waals surface area (Å²) in [6.45, 7) is 6.32. The predicted molar refractivity (Wildman–Crippen MR) is 75.0 cm³/mol. The molecule has 0 heterocycles. The van der Waals surface area contributed by atoms with Crippen molar-refractivity contribution in [3.8, 4) is 0 Å². The first kappa shape index (κ1) is 14.7. The van der Waals surface area contributed by atoms with Crippen molar-refractivity contribution in [2.75, 3.05) is 0 Å². The molecule has 0 aromatic heterocycles. The number of carbonyl (C=O) groups excluding carboxylic acids is 1. The maximum absolute atomic E-state index is 11.9. The molecule has 0 aliphatic heterocycles. The minimum absolute atomic E-state index is 0.0342. The van der Waals surface area contributed by atoms with Crippen molar-refractivity contribution in [3.05, 3.63) is 35.9 Å². The summed E-state index contributed by atoms with van der Waals surface area (Å²) in [5.74, 6) is 0.485. The molecule has 1 aromatic carbocycles. The Labute approximate surface area is 110 Å². The van der Waals surface area contributed by atoms with Gasteiger partial charge >= 0.3 is 0 Å². The second kappa shape index (κ2) is 7.17. The van der Waals surface area contributed by atoms with Crippen LogP contribution >= 0.6 is 0 Å². The Morgan fingerprint density at radius 2 is 1.89 bits per heavy atom. The quantitative estimate of drug-likeness (QED) is 0.813. The first-order valence-electron chi connectivity index (χ1n) is 6.64. The number of amides is 1. The second-order valence-corrected chi connectivity index (χ2v) is 5.05. The van der Waals surface area contributed by atoms with E-state index in [1.165, 1.54) is 0 Å². The molecular weight excluding hydrogens is 224 g/mol. The Kier molecular flexibility index (Phi) is 5.86. The third-order valence-electron chi connectivity index (χ3n) is 3.22. The number of carbonyl (C=O) groups is 1. The van der Waals surface area contributed by atoms with E-state index in [1.54, 1.807) is 0 Å². The molecule has 1 amide bonds. The summed E-state index contributed by atoms with van der Waals surface area (Å²) in [4.78, 5) is 11.9. The molecule has 0 bridgehead atoms. The van der Waals surface area contributed by atoms with E-state index in [1.807, 2.05) is 30.3 Å². The van der Waals surface area contributed by atoms with Crippen LogP contribution in [0.5, 0.6) is 0 Å². The molecule has 0 aliphatic carbocycles. The molecule has 0 fully saturated rings. The summed E-state index contributed by atoms with van der Waals surface area (Å²) in [7, 11) is 0. The average Bonchev–Trinajstić information content (AvgIpc) is 2.36. The smallest absolute Gasteiger partial charge is 0.222 e. The lowest BCUT2D eigenvalue weighted by Gasteiger charge is -2.21. The zero-order chi connectivity index (χ0) is 13.5. The number of hydrogen-bond donors (Lipinski definition) is 2. The van der Waals surface area contributed by atoms with Gasteiger partial charge in [0.15, 0.2) is 0 Å².